The first-order valence-electron chi connectivity index (χ1n) is 7.24. The summed E-state index contributed by atoms with van der Waals surface area (Å²) in [6, 6.07) is 0. The van der Waals surface area contributed by atoms with Crippen molar-refractivity contribution in [2.75, 3.05) is 24.7 Å². The zero-order valence-corrected chi connectivity index (χ0v) is 12.6. The predicted molar refractivity (Wildman–Crippen MR) is 83.5 cm³/mol. The number of hydrogen-bond donors (Lipinski definition) is 2. The zero-order chi connectivity index (χ0) is 14.8. The van der Waals surface area contributed by atoms with Crippen molar-refractivity contribution >= 4 is 11.8 Å². The van der Waals surface area contributed by atoms with Gasteiger partial charge < -0.3 is 15.8 Å². The van der Waals surface area contributed by atoms with Gasteiger partial charge in [-0.1, -0.05) is 19.9 Å². The number of unbranched alkanes of at least 4 members (excludes halogenated alkanes) is 2. The van der Waals surface area contributed by atoms with Crippen LogP contribution in [0.5, 0.6) is 0 Å². The Balaban J connectivity index is 2.48. The lowest BCUT2D eigenvalue weighted by atomic mass is 10.1. The van der Waals surface area contributed by atoms with Gasteiger partial charge in [0.1, 0.15) is 5.82 Å². The van der Waals surface area contributed by atoms with E-state index in [1.165, 1.54) is 0 Å². The van der Waals surface area contributed by atoms with E-state index in [0.29, 0.717) is 5.95 Å². The number of rotatable bonds is 10. The van der Waals surface area contributed by atoms with Crippen molar-refractivity contribution in [3.05, 3.63) is 24.1 Å². The van der Waals surface area contributed by atoms with Crippen molar-refractivity contribution in [1.29, 1.82) is 0 Å². The van der Waals surface area contributed by atoms with Crippen LogP contribution in [0.4, 0.5) is 11.8 Å². The summed E-state index contributed by atoms with van der Waals surface area (Å²) in [5, 5.41) is 3.34. The fourth-order valence-electron chi connectivity index (χ4n) is 1.88. The van der Waals surface area contributed by atoms with Gasteiger partial charge in [0.05, 0.1) is 12.9 Å². The maximum Gasteiger partial charge on any atom is 0.221 e. The summed E-state index contributed by atoms with van der Waals surface area (Å²) in [4.78, 5) is 8.37. The molecule has 112 valence electrons. The molecule has 0 spiro atoms. The van der Waals surface area contributed by atoms with Crippen molar-refractivity contribution in [3.8, 4) is 0 Å². The van der Waals surface area contributed by atoms with Crippen LogP contribution in [-0.2, 0) is 11.2 Å². The summed E-state index contributed by atoms with van der Waals surface area (Å²) in [5.41, 5.74) is 6.78. The molecule has 0 fully saturated rings. The molecule has 20 heavy (non-hydrogen) atoms. The Morgan fingerprint density at radius 2 is 2.20 bits per heavy atom. The number of nitrogens with two attached hydrogens (primary N) is 1. The highest BCUT2D eigenvalue weighted by molar-refractivity contribution is 5.46. The van der Waals surface area contributed by atoms with E-state index < -0.39 is 0 Å². The van der Waals surface area contributed by atoms with Gasteiger partial charge >= 0.3 is 0 Å². The smallest absolute Gasteiger partial charge is 0.221 e. The van der Waals surface area contributed by atoms with E-state index >= 15 is 0 Å². The fraction of sp³-hybridized carbons (Fsp3) is 0.600. The average molecular weight is 278 g/mol. The molecule has 0 atom stereocenters. The first-order valence-corrected chi connectivity index (χ1v) is 7.24. The van der Waals surface area contributed by atoms with Crippen LogP contribution in [0.2, 0.25) is 0 Å². The van der Waals surface area contributed by atoms with Gasteiger partial charge in [0, 0.05) is 24.7 Å². The molecule has 1 heterocycles. The van der Waals surface area contributed by atoms with Gasteiger partial charge in [-0.15, -0.1) is 0 Å². The molecule has 0 saturated carbocycles. The Morgan fingerprint density at radius 1 is 1.40 bits per heavy atom. The number of hydrogen-bond acceptors (Lipinski definition) is 5. The predicted octanol–water partition coefficient (Wildman–Crippen LogP) is 3.14. The van der Waals surface area contributed by atoms with Crippen LogP contribution in [0, 0.1) is 0 Å². The maximum absolute atomic E-state index is 5.65. The van der Waals surface area contributed by atoms with Gasteiger partial charge in [-0.3, -0.25) is 0 Å². The Labute approximate surface area is 121 Å². The SMILES string of the molecule is C=C(CCCCc1cnc(N)nc1NCCCC)OC. The lowest BCUT2D eigenvalue weighted by Gasteiger charge is -2.11. The first-order chi connectivity index (χ1) is 9.67. The van der Waals surface area contributed by atoms with Crippen LogP contribution in [0.15, 0.2) is 18.5 Å². The van der Waals surface area contributed by atoms with Crippen LogP contribution in [0.3, 0.4) is 0 Å². The standard InChI is InChI=1S/C15H26N4O/c1-4-5-10-17-14-13(11-18-15(16)19-14)9-7-6-8-12(2)20-3/h11H,2,4-10H2,1,3H3,(H3,16,17,18,19). The lowest BCUT2D eigenvalue weighted by molar-refractivity contribution is 0.276. The zero-order valence-electron chi connectivity index (χ0n) is 12.6. The second-order valence-electron chi connectivity index (χ2n) is 4.83. The number of allylic oxidation sites excluding steroid dienone is 1. The van der Waals surface area contributed by atoms with Crippen LogP contribution >= 0.6 is 0 Å². The number of nitrogens with one attached hydrogen (secondary N) is 1. The number of nitrogen functional groups attached to an aromatic ring is 1. The molecule has 0 unspecified atom stereocenters. The summed E-state index contributed by atoms with van der Waals surface area (Å²) in [5.74, 6) is 2.02. The molecule has 0 radical (unpaired) electrons. The van der Waals surface area contributed by atoms with Crippen molar-refractivity contribution in [2.45, 2.75) is 45.4 Å². The molecule has 5 heteroatoms. The van der Waals surface area contributed by atoms with E-state index in [1.807, 2.05) is 6.20 Å². The number of aromatic nitrogens is 2. The van der Waals surface area contributed by atoms with Gasteiger partial charge in [0.2, 0.25) is 5.95 Å². The summed E-state index contributed by atoms with van der Waals surface area (Å²) in [6.07, 6.45) is 8.03. The van der Waals surface area contributed by atoms with E-state index in [4.69, 9.17) is 10.5 Å². The van der Waals surface area contributed by atoms with E-state index in [1.54, 1.807) is 7.11 Å². The van der Waals surface area contributed by atoms with Crippen molar-refractivity contribution < 1.29 is 4.74 Å². The third kappa shape index (κ3) is 5.91. The number of methoxy groups -OCH3 is 1. The van der Waals surface area contributed by atoms with E-state index in [9.17, 15) is 0 Å². The first kappa shape index (κ1) is 16.3. The van der Waals surface area contributed by atoms with Crippen LogP contribution in [0.1, 0.15) is 44.6 Å². The van der Waals surface area contributed by atoms with Gasteiger partial charge in [-0.25, -0.2) is 4.98 Å². The number of nitrogens with zero attached hydrogens (tertiary/aromatic N) is 2. The second-order valence-corrected chi connectivity index (χ2v) is 4.83. The third-order valence-corrected chi connectivity index (χ3v) is 3.15. The highest BCUT2D eigenvalue weighted by Gasteiger charge is 2.06. The summed E-state index contributed by atoms with van der Waals surface area (Å²) in [7, 11) is 1.66. The van der Waals surface area contributed by atoms with Crippen molar-refractivity contribution in [2.24, 2.45) is 0 Å². The molecule has 0 aromatic carbocycles. The molecule has 1 aromatic rings. The second kappa shape index (κ2) is 9.18. The summed E-state index contributed by atoms with van der Waals surface area (Å²) in [6.45, 7) is 6.90. The minimum Gasteiger partial charge on any atom is -0.502 e. The molecule has 3 N–H and O–H groups in total. The van der Waals surface area contributed by atoms with Gasteiger partial charge in [-0.05, 0) is 25.7 Å². The molecule has 0 aliphatic carbocycles. The summed E-state index contributed by atoms with van der Waals surface area (Å²) >= 11 is 0. The topological polar surface area (TPSA) is 73.1 Å². The maximum atomic E-state index is 5.65. The van der Waals surface area contributed by atoms with Crippen LogP contribution in [-0.4, -0.2) is 23.6 Å². The largest absolute Gasteiger partial charge is 0.502 e. The molecular formula is C15H26N4O. The Morgan fingerprint density at radius 3 is 2.90 bits per heavy atom. The molecule has 0 bridgehead atoms. The van der Waals surface area contributed by atoms with E-state index in [-0.39, 0.29) is 0 Å². The molecule has 0 aliphatic rings. The molecule has 1 aromatic heterocycles. The number of ether oxygens (including phenoxy) is 1. The highest BCUT2D eigenvalue weighted by atomic mass is 16.5. The van der Waals surface area contributed by atoms with Crippen LogP contribution in [0.25, 0.3) is 0 Å². The third-order valence-electron chi connectivity index (χ3n) is 3.15. The number of aryl methyl sites for hydroxylation is 1. The molecular weight excluding hydrogens is 252 g/mol. The molecule has 0 amide bonds. The Bertz CT molecular complexity index is 420. The van der Waals surface area contributed by atoms with E-state index in [2.05, 4.69) is 28.8 Å². The quantitative estimate of drug-likeness (QED) is 0.508. The minimum absolute atomic E-state index is 0.320. The molecule has 0 saturated heterocycles. The van der Waals surface area contributed by atoms with Crippen LogP contribution < -0.4 is 11.1 Å². The lowest BCUT2D eigenvalue weighted by Crippen LogP contribution is -2.09. The van der Waals surface area contributed by atoms with E-state index in [0.717, 1.165) is 62.2 Å². The Hall–Kier alpha value is -1.78. The van der Waals surface area contributed by atoms with Gasteiger partial charge in [0.15, 0.2) is 0 Å². The monoisotopic (exact) mass is 278 g/mol. The fourth-order valence-corrected chi connectivity index (χ4v) is 1.88. The highest BCUT2D eigenvalue weighted by Crippen LogP contribution is 2.17. The normalized spacial score (nSPS) is 10.3. The van der Waals surface area contributed by atoms with Crippen molar-refractivity contribution in [3.63, 3.8) is 0 Å². The molecule has 5 nitrogen and oxygen atoms in total. The number of anilines is 2. The minimum atomic E-state index is 0.320. The Kier molecular flexibility index (Phi) is 7.47. The molecule has 0 aliphatic heterocycles. The van der Waals surface area contributed by atoms with Crippen molar-refractivity contribution in [1.82, 2.24) is 9.97 Å². The van der Waals surface area contributed by atoms with Gasteiger partial charge in [0.25, 0.3) is 0 Å². The molecule has 1 rings (SSSR count). The summed E-state index contributed by atoms with van der Waals surface area (Å²) < 4.78 is 5.06. The van der Waals surface area contributed by atoms with Gasteiger partial charge in [-0.2, -0.15) is 4.98 Å². The average Bonchev–Trinajstić information content (AvgIpc) is 2.45.